The molecule has 0 N–H and O–H groups in total. The molecule has 0 bridgehead atoms. The summed E-state index contributed by atoms with van der Waals surface area (Å²) in [6.07, 6.45) is 2.49. The van der Waals surface area contributed by atoms with Gasteiger partial charge in [-0.15, -0.1) is 0 Å². The summed E-state index contributed by atoms with van der Waals surface area (Å²) in [5.74, 6) is 0.0436. The van der Waals surface area contributed by atoms with E-state index in [4.69, 9.17) is 0 Å². The van der Waals surface area contributed by atoms with E-state index in [9.17, 15) is 9.59 Å². The number of hydrogen-bond acceptors (Lipinski definition) is 2. The van der Waals surface area contributed by atoms with Crippen LogP contribution in [-0.2, 0) is 11.2 Å². The Morgan fingerprint density at radius 3 is 2.31 bits per heavy atom. The summed E-state index contributed by atoms with van der Waals surface area (Å²) in [5, 5.41) is 0. The van der Waals surface area contributed by atoms with Crippen LogP contribution in [0.25, 0.3) is 0 Å². The number of hydrogen-bond donors (Lipinski definition) is 0. The van der Waals surface area contributed by atoms with Crippen LogP contribution in [0.3, 0.4) is 0 Å². The summed E-state index contributed by atoms with van der Waals surface area (Å²) in [5.41, 5.74) is 1.76. The van der Waals surface area contributed by atoms with Gasteiger partial charge in [0.25, 0.3) is 0 Å². The first-order chi connectivity index (χ1) is 6.26. The zero-order valence-corrected chi connectivity index (χ0v) is 7.57. The molecule has 2 heteroatoms. The van der Waals surface area contributed by atoms with Crippen molar-refractivity contribution in [2.24, 2.45) is 5.92 Å². The molecule has 1 unspecified atom stereocenters. The van der Waals surface area contributed by atoms with Crippen LogP contribution in [0.1, 0.15) is 22.8 Å². The molecular formula is C11H12O2. The molecule has 2 nitrogen and oxygen atoms in total. The maximum Gasteiger partial charge on any atom is 0.150 e. The van der Waals surface area contributed by atoms with E-state index in [0.717, 1.165) is 24.6 Å². The summed E-state index contributed by atoms with van der Waals surface area (Å²) in [6.45, 7) is 1.88. The second-order valence-corrected chi connectivity index (χ2v) is 3.18. The minimum atomic E-state index is 0.0436. The second-order valence-electron chi connectivity index (χ2n) is 3.18. The third-order valence-electron chi connectivity index (χ3n) is 1.91. The lowest BCUT2D eigenvalue weighted by Gasteiger charge is -2.02. The van der Waals surface area contributed by atoms with Gasteiger partial charge in [0, 0.05) is 11.5 Å². The Morgan fingerprint density at radius 1 is 1.23 bits per heavy atom. The fraction of sp³-hybridized carbons (Fsp3) is 0.273. The Labute approximate surface area is 77.6 Å². The minimum Gasteiger partial charge on any atom is -0.303 e. The highest BCUT2D eigenvalue weighted by Gasteiger charge is 2.00. The van der Waals surface area contributed by atoms with Crippen molar-refractivity contribution in [3.63, 3.8) is 0 Å². The van der Waals surface area contributed by atoms with Gasteiger partial charge in [-0.2, -0.15) is 0 Å². The molecule has 0 aromatic heterocycles. The Morgan fingerprint density at radius 2 is 1.85 bits per heavy atom. The van der Waals surface area contributed by atoms with Gasteiger partial charge in [0.2, 0.25) is 0 Å². The average Bonchev–Trinajstić information content (AvgIpc) is 2.19. The molecule has 0 aliphatic carbocycles. The Bertz CT molecular complexity index is 287. The van der Waals surface area contributed by atoms with E-state index < -0.39 is 0 Å². The van der Waals surface area contributed by atoms with E-state index in [1.807, 2.05) is 19.1 Å². The van der Waals surface area contributed by atoms with Crippen molar-refractivity contribution in [1.82, 2.24) is 0 Å². The molecule has 1 rings (SSSR count). The van der Waals surface area contributed by atoms with Crippen LogP contribution in [0, 0.1) is 5.92 Å². The molecule has 0 amide bonds. The van der Waals surface area contributed by atoms with Crippen molar-refractivity contribution >= 4 is 12.6 Å². The number of aldehydes is 2. The molecule has 0 radical (unpaired) electrons. The smallest absolute Gasteiger partial charge is 0.150 e. The van der Waals surface area contributed by atoms with E-state index in [2.05, 4.69) is 0 Å². The molecular weight excluding hydrogens is 164 g/mol. The first-order valence-electron chi connectivity index (χ1n) is 4.25. The first-order valence-corrected chi connectivity index (χ1v) is 4.25. The largest absolute Gasteiger partial charge is 0.303 e. The van der Waals surface area contributed by atoms with Crippen LogP contribution in [0.5, 0.6) is 0 Å². The number of carbonyl (C=O) groups excluding carboxylic acids is 2. The molecule has 0 fully saturated rings. The van der Waals surface area contributed by atoms with Gasteiger partial charge >= 0.3 is 0 Å². The monoisotopic (exact) mass is 176 g/mol. The first kappa shape index (κ1) is 9.65. The normalized spacial score (nSPS) is 12.1. The zero-order chi connectivity index (χ0) is 9.68. The molecule has 13 heavy (non-hydrogen) atoms. The molecule has 0 aliphatic heterocycles. The number of rotatable bonds is 4. The summed E-state index contributed by atoms with van der Waals surface area (Å²) < 4.78 is 0. The third kappa shape index (κ3) is 2.82. The summed E-state index contributed by atoms with van der Waals surface area (Å²) >= 11 is 0. The summed E-state index contributed by atoms with van der Waals surface area (Å²) in [6, 6.07) is 7.28. The molecule has 0 saturated heterocycles. The Balaban J connectivity index is 2.69. The highest BCUT2D eigenvalue weighted by atomic mass is 16.1. The van der Waals surface area contributed by atoms with Crippen molar-refractivity contribution in [3.8, 4) is 0 Å². The number of benzene rings is 1. The van der Waals surface area contributed by atoms with Crippen LogP contribution in [0.4, 0.5) is 0 Å². The van der Waals surface area contributed by atoms with Crippen molar-refractivity contribution in [2.45, 2.75) is 13.3 Å². The van der Waals surface area contributed by atoms with Gasteiger partial charge in [0.1, 0.15) is 12.6 Å². The van der Waals surface area contributed by atoms with E-state index >= 15 is 0 Å². The quantitative estimate of drug-likeness (QED) is 0.656. The van der Waals surface area contributed by atoms with Crippen LogP contribution in [-0.4, -0.2) is 12.6 Å². The van der Waals surface area contributed by atoms with E-state index in [1.54, 1.807) is 12.1 Å². The van der Waals surface area contributed by atoms with Gasteiger partial charge in [-0.25, -0.2) is 0 Å². The van der Waals surface area contributed by atoms with Gasteiger partial charge in [-0.05, 0) is 12.0 Å². The number of carbonyl (C=O) groups is 2. The van der Waals surface area contributed by atoms with Gasteiger partial charge in [0.05, 0.1) is 0 Å². The third-order valence-corrected chi connectivity index (χ3v) is 1.91. The summed E-state index contributed by atoms with van der Waals surface area (Å²) in [7, 11) is 0. The minimum absolute atomic E-state index is 0.0436. The maximum absolute atomic E-state index is 10.4. The highest BCUT2D eigenvalue weighted by molar-refractivity contribution is 5.74. The molecule has 1 atom stereocenters. The molecule has 0 saturated carbocycles. The van der Waals surface area contributed by atoms with E-state index in [0.29, 0.717) is 5.56 Å². The fourth-order valence-corrected chi connectivity index (χ4v) is 1.15. The molecule has 0 spiro atoms. The standard InChI is InChI=1S/C11H12O2/c1-9(7-12)6-10-2-4-11(8-13)5-3-10/h2-5,7-9H,6H2,1H3. The molecule has 0 heterocycles. The lowest BCUT2D eigenvalue weighted by Crippen LogP contribution is -2.00. The van der Waals surface area contributed by atoms with Crippen molar-refractivity contribution in [1.29, 1.82) is 0 Å². The Hall–Kier alpha value is -1.44. The second kappa shape index (κ2) is 4.55. The highest BCUT2D eigenvalue weighted by Crippen LogP contribution is 2.07. The van der Waals surface area contributed by atoms with Crippen LogP contribution in [0.15, 0.2) is 24.3 Å². The Kier molecular flexibility index (Phi) is 3.38. The maximum atomic E-state index is 10.4. The predicted octanol–water partition coefficient (Wildman–Crippen LogP) is 1.88. The molecule has 1 aromatic rings. The van der Waals surface area contributed by atoms with Crippen molar-refractivity contribution in [3.05, 3.63) is 35.4 Å². The topological polar surface area (TPSA) is 34.1 Å². The van der Waals surface area contributed by atoms with Crippen molar-refractivity contribution in [2.75, 3.05) is 0 Å². The van der Waals surface area contributed by atoms with Gasteiger partial charge in [-0.1, -0.05) is 31.2 Å². The predicted molar refractivity (Wildman–Crippen MR) is 50.8 cm³/mol. The fourth-order valence-electron chi connectivity index (χ4n) is 1.15. The van der Waals surface area contributed by atoms with Gasteiger partial charge in [0.15, 0.2) is 0 Å². The van der Waals surface area contributed by atoms with Crippen molar-refractivity contribution < 1.29 is 9.59 Å². The lowest BCUT2D eigenvalue weighted by atomic mass is 10.0. The molecule has 68 valence electrons. The molecule has 1 aromatic carbocycles. The summed E-state index contributed by atoms with van der Waals surface area (Å²) in [4.78, 5) is 20.7. The van der Waals surface area contributed by atoms with E-state index in [-0.39, 0.29) is 5.92 Å². The van der Waals surface area contributed by atoms with Crippen LogP contribution >= 0.6 is 0 Å². The van der Waals surface area contributed by atoms with Gasteiger partial charge in [-0.3, -0.25) is 4.79 Å². The van der Waals surface area contributed by atoms with Crippen LogP contribution in [0.2, 0.25) is 0 Å². The zero-order valence-electron chi connectivity index (χ0n) is 7.57. The molecule has 0 aliphatic rings. The van der Waals surface area contributed by atoms with Gasteiger partial charge < -0.3 is 4.79 Å². The van der Waals surface area contributed by atoms with Crippen LogP contribution < -0.4 is 0 Å². The lowest BCUT2D eigenvalue weighted by molar-refractivity contribution is -0.110. The van der Waals surface area contributed by atoms with E-state index in [1.165, 1.54) is 0 Å². The SMILES string of the molecule is CC(C=O)Cc1ccc(C=O)cc1. The average molecular weight is 176 g/mol.